The van der Waals surface area contributed by atoms with Gasteiger partial charge in [0.05, 0.1) is 17.8 Å². The van der Waals surface area contributed by atoms with E-state index in [4.69, 9.17) is 5.10 Å². The van der Waals surface area contributed by atoms with E-state index >= 15 is 0 Å². The van der Waals surface area contributed by atoms with E-state index < -0.39 is 6.36 Å². The van der Waals surface area contributed by atoms with E-state index in [0.29, 0.717) is 0 Å². The number of nitrogens with one attached hydrogen (secondary N) is 2. The first-order chi connectivity index (χ1) is 20.2. The van der Waals surface area contributed by atoms with Gasteiger partial charge in [-0.05, 0) is 71.3 Å². The second-order valence-electron chi connectivity index (χ2n) is 9.53. The first-order valence-electron chi connectivity index (χ1n) is 13.3. The number of anilines is 1. The highest BCUT2D eigenvalue weighted by atomic mass is 32.2. The van der Waals surface area contributed by atoms with Crippen LogP contribution in [0.2, 0.25) is 0 Å². The second kappa shape index (κ2) is 12.2. The molecule has 42 heavy (non-hydrogen) atoms. The Labute approximate surface area is 245 Å². The summed E-state index contributed by atoms with van der Waals surface area (Å²) in [5, 5.41) is 10.4. The molecule has 11 heteroatoms. The Morgan fingerprint density at radius 1 is 1.00 bits per heavy atom. The smallest absolute Gasteiger partial charge is 0.406 e. The van der Waals surface area contributed by atoms with Crippen molar-refractivity contribution >= 4 is 51.7 Å². The van der Waals surface area contributed by atoms with Crippen molar-refractivity contribution in [3.63, 3.8) is 0 Å². The molecular weight excluding hydrogens is 563 g/mol. The predicted molar refractivity (Wildman–Crippen MR) is 163 cm³/mol. The van der Waals surface area contributed by atoms with Gasteiger partial charge in [0.1, 0.15) is 11.3 Å². The number of hydrogen-bond acceptors (Lipinski definition) is 5. The summed E-state index contributed by atoms with van der Waals surface area (Å²) < 4.78 is 50.3. The van der Waals surface area contributed by atoms with Gasteiger partial charge in [0.15, 0.2) is 0 Å². The van der Waals surface area contributed by atoms with Crippen LogP contribution in [0.5, 0.6) is 5.75 Å². The van der Waals surface area contributed by atoms with Crippen molar-refractivity contribution < 1.29 is 22.7 Å². The van der Waals surface area contributed by atoms with Gasteiger partial charge in [-0.15, -0.1) is 13.2 Å². The van der Waals surface area contributed by atoms with Crippen molar-refractivity contribution in [3.8, 4) is 17.0 Å². The highest BCUT2D eigenvalue weighted by molar-refractivity contribution is 7.96. The van der Waals surface area contributed by atoms with Gasteiger partial charge in [-0.3, -0.25) is 9.40 Å². The van der Waals surface area contributed by atoms with Crippen LogP contribution >= 0.6 is 12.1 Å². The minimum atomic E-state index is -4.74. The molecule has 0 saturated carbocycles. The maximum atomic E-state index is 12.5. The van der Waals surface area contributed by atoms with Crippen molar-refractivity contribution in [2.24, 2.45) is 11.4 Å². The Bertz CT molecular complexity index is 1760. The molecule has 1 aromatic heterocycles. The molecule has 2 N–H and O–H groups in total. The maximum absolute atomic E-state index is 12.5. The third kappa shape index (κ3) is 6.36. The standard InChI is InChI=1S/C31H28F3N5O2S/c1-4-20-7-6-8-21(5-2)27(20)36-30(40)38-42-35-18-19-9-15-25-23(17-19)12-16-26-28(25)37-39(3)29(26)22-10-13-24(14-11-22)41-31(32,33)34/h6-18H,4-5H2,1-3H3,(H2,36,38,40). The van der Waals surface area contributed by atoms with Crippen LogP contribution in [0, 0.1) is 0 Å². The number of halogens is 3. The van der Waals surface area contributed by atoms with Crippen molar-refractivity contribution in [1.82, 2.24) is 14.5 Å². The number of aromatic nitrogens is 2. The molecule has 0 aliphatic rings. The molecule has 1 heterocycles. The van der Waals surface area contributed by atoms with Crippen LogP contribution in [0.25, 0.3) is 32.9 Å². The summed E-state index contributed by atoms with van der Waals surface area (Å²) >= 11 is 0.937. The fourth-order valence-corrected chi connectivity index (χ4v) is 5.30. The largest absolute Gasteiger partial charge is 0.573 e. The first kappa shape index (κ1) is 29.0. The summed E-state index contributed by atoms with van der Waals surface area (Å²) in [4.78, 5) is 12.5. The van der Waals surface area contributed by atoms with Gasteiger partial charge in [0.2, 0.25) is 0 Å². The van der Waals surface area contributed by atoms with E-state index in [2.05, 4.69) is 33.0 Å². The summed E-state index contributed by atoms with van der Waals surface area (Å²) in [5.74, 6) is -0.279. The van der Waals surface area contributed by atoms with Crippen LogP contribution in [0.3, 0.4) is 0 Å². The molecule has 0 saturated heterocycles. The number of benzene rings is 4. The van der Waals surface area contributed by atoms with Gasteiger partial charge < -0.3 is 10.1 Å². The molecule has 2 amide bonds. The van der Waals surface area contributed by atoms with Crippen molar-refractivity contribution in [3.05, 3.63) is 89.5 Å². The molecule has 0 radical (unpaired) electrons. The quantitative estimate of drug-likeness (QED) is 0.141. The number of ether oxygens (including phenoxy) is 1. The van der Waals surface area contributed by atoms with Crippen LogP contribution in [-0.4, -0.2) is 28.4 Å². The number of para-hydroxylation sites is 1. The lowest BCUT2D eigenvalue weighted by atomic mass is 10.0. The van der Waals surface area contributed by atoms with E-state index in [1.807, 2.05) is 48.5 Å². The molecule has 0 aliphatic heterocycles. The average molecular weight is 592 g/mol. The zero-order valence-electron chi connectivity index (χ0n) is 23.1. The highest BCUT2D eigenvalue weighted by Gasteiger charge is 2.31. The minimum Gasteiger partial charge on any atom is -0.406 e. The van der Waals surface area contributed by atoms with Crippen LogP contribution in [-0.2, 0) is 19.9 Å². The lowest BCUT2D eigenvalue weighted by Gasteiger charge is -2.14. The number of alkyl halides is 3. The fraction of sp³-hybridized carbons (Fsp3) is 0.194. The number of urea groups is 1. The van der Waals surface area contributed by atoms with Gasteiger partial charge in [0.25, 0.3) is 0 Å². The van der Waals surface area contributed by atoms with Gasteiger partial charge in [-0.2, -0.15) is 5.10 Å². The van der Waals surface area contributed by atoms with E-state index in [1.54, 1.807) is 30.1 Å². The number of carbonyl (C=O) groups is 1. The average Bonchev–Trinajstić information content (AvgIpc) is 3.31. The Hall–Kier alpha value is -4.51. The minimum absolute atomic E-state index is 0.279. The SMILES string of the molecule is CCc1cccc(CC)c1NC(=O)NSN=Cc1ccc2c(ccc3c(-c4ccc(OC(F)(F)F)cc4)n(C)nc32)c1. The number of rotatable bonds is 8. The van der Waals surface area contributed by atoms with Crippen LogP contribution in [0.15, 0.2) is 77.2 Å². The van der Waals surface area contributed by atoms with E-state index in [9.17, 15) is 18.0 Å². The van der Waals surface area contributed by atoms with Crippen molar-refractivity contribution in [2.45, 2.75) is 33.1 Å². The zero-order valence-corrected chi connectivity index (χ0v) is 23.9. The molecule has 4 aromatic carbocycles. The number of nitrogens with zero attached hydrogens (tertiary/aromatic N) is 3. The Morgan fingerprint density at radius 2 is 1.69 bits per heavy atom. The molecule has 5 aromatic rings. The third-order valence-electron chi connectivity index (χ3n) is 6.84. The lowest BCUT2D eigenvalue weighted by molar-refractivity contribution is -0.274. The third-order valence-corrected chi connectivity index (χ3v) is 7.32. The summed E-state index contributed by atoms with van der Waals surface area (Å²) in [6.45, 7) is 4.11. The lowest BCUT2D eigenvalue weighted by Crippen LogP contribution is -2.23. The van der Waals surface area contributed by atoms with E-state index in [-0.39, 0.29) is 11.8 Å². The second-order valence-corrected chi connectivity index (χ2v) is 10.1. The summed E-state index contributed by atoms with van der Waals surface area (Å²) in [7, 11) is 1.80. The summed E-state index contributed by atoms with van der Waals surface area (Å²) in [5.41, 5.74) is 6.12. The van der Waals surface area contributed by atoms with Gasteiger partial charge in [-0.25, -0.2) is 9.19 Å². The van der Waals surface area contributed by atoms with Crippen molar-refractivity contribution in [2.75, 3.05) is 5.32 Å². The van der Waals surface area contributed by atoms with Crippen LogP contribution in [0.4, 0.5) is 23.7 Å². The molecule has 0 atom stereocenters. The Morgan fingerprint density at radius 3 is 2.36 bits per heavy atom. The molecule has 7 nitrogen and oxygen atoms in total. The van der Waals surface area contributed by atoms with Crippen molar-refractivity contribution in [1.29, 1.82) is 0 Å². The molecular formula is C31H28F3N5O2S. The van der Waals surface area contributed by atoms with Crippen LogP contribution in [0.1, 0.15) is 30.5 Å². The number of fused-ring (bicyclic) bond motifs is 3. The van der Waals surface area contributed by atoms with Gasteiger partial charge in [0, 0.05) is 35.3 Å². The number of hydrogen-bond donors (Lipinski definition) is 2. The van der Waals surface area contributed by atoms with Gasteiger partial charge in [-0.1, -0.05) is 50.2 Å². The topological polar surface area (TPSA) is 80.5 Å². The van der Waals surface area contributed by atoms with Gasteiger partial charge >= 0.3 is 12.4 Å². The summed E-state index contributed by atoms with van der Waals surface area (Å²) in [6.07, 6.45) is -1.44. The summed E-state index contributed by atoms with van der Waals surface area (Å²) in [6, 6.07) is 21.2. The normalized spacial score (nSPS) is 11.9. The molecule has 0 bridgehead atoms. The molecule has 216 valence electrons. The number of aryl methyl sites for hydroxylation is 3. The highest BCUT2D eigenvalue weighted by Crippen LogP contribution is 2.34. The van der Waals surface area contributed by atoms with E-state index in [1.165, 1.54) is 12.1 Å². The number of amides is 2. The molecule has 0 unspecified atom stereocenters. The van der Waals surface area contributed by atoms with E-state index in [0.717, 1.165) is 80.3 Å². The number of carbonyl (C=O) groups excluding carboxylic acids is 1. The maximum Gasteiger partial charge on any atom is 0.573 e. The molecule has 0 spiro atoms. The molecule has 5 rings (SSSR count). The predicted octanol–water partition coefficient (Wildman–Crippen LogP) is 8.22. The Kier molecular flexibility index (Phi) is 8.39. The zero-order chi connectivity index (χ0) is 29.9. The Balaban J connectivity index is 1.29. The van der Waals surface area contributed by atoms with Crippen LogP contribution < -0.4 is 14.8 Å². The molecule has 0 aliphatic carbocycles. The first-order valence-corrected chi connectivity index (χ1v) is 14.1. The fourth-order valence-electron chi connectivity index (χ4n) is 4.94. The monoisotopic (exact) mass is 591 g/mol. The molecule has 0 fully saturated rings.